The Kier molecular flexibility index (Phi) is 45.9. The average molecular weight is 192 g/mol. The van der Waals surface area contributed by atoms with Crippen molar-refractivity contribution in [1.29, 1.82) is 0 Å². The van der Waals surface area contributed by atoms with E-state index in [0.717, 1.165) is 0 Å². The molecule has 0 bridgehead atoms. The maximum atomic E-state index is 10.1. The summed E-state index contributed by atoms with van der Waals surface area (Å²) < 4.78 is 4.21. The van der Waals surface area contributed by atoms with E-state index in [4.69, 9.17) is 6.58 Å². The predicted molar refractivity (Wildman–Crippen MR) is 44.7 cm³/mol. The number of rotatable bonds is 1. The van der Waals surface area contributed by atoms with E-state index >= 15 is 0 Å². The molecule has 3 heteroatoms. The summed E-state index contributed by atoms with van der Waals surface area (Å²) in [6.45, 7) is 6.48. The summed E-state index contributed by atoms with van der Waals surface area (Å²) in [5.41, 5.74) is 0.183. The number of hydrogen-bond donors (Lipinski definition) is 0. The smallest absolute Gasteiger partial charge is 0.550 e. The molecular formula is C8H16O2Ti. The molecule has 0 rings (SSSR count). The summed E-state index contributed by atoms with van der Waals surface area (Å²) in [6.07, 6.45) is 0. The third-order valence-electron chi connectivity index (χ3n) is 0.507. The van der Waals surface area contributed by atoms with Crippen LogP contribution < -0.4 is 0 Å². The quantitative estimate of drug-likeness (QED) is 0.274. The first-order valence-corrected chi connectivity index (χ1v) is 1.86. The van der Waals surface area contributed by atoms with Crippen molar-refractivity contribution in [3.8, 4) is 0 Å². The van der Waals surface area contributed by atoms with E-state index in [0.29, 0.717) is 0 Å². The maximum absolute atomic E-state index is 10.1. The van der Waals surface area contributed by atoms with Gasteiger partial charge in [0, 0.05) is 0 Å². The van der Waals surface area contributed by atoms with Crippen LogP contribution in [-0.2, 0) is 31.2 Å². The molecule has 0 spiro atoms. The van der Waals surface area contributed by atoms with Crippen LogP contribution in [0.3, 0.4) is 0 Å². The molecule has 0 aromatic rings. The molecule has 2 nitrogen and oxygen atoms in total. The first kappa shape index (κ1) is 30.7. The second kappa shape index (κ2) is 16.5. The average Bonchev–Trinajstić information content (AvgIpc) is 1.65. The van der Waals surface area contributed by atoms with E-state index in [-0.39, 0.29) is 49.6 Å². The first-order valence-electron chi connectivity index (χ1n) is 1.86. The molecule has 0 aromatic carbocycles. The van der Waals surface area contributed by atoms with Crippen LogP contribution in [0.25, 0.3) is 0 Å². The molecule has 64 valence electrons. The second-order valence-electron chi connectivity index (χ2n) is 1.17. The fourth-order valence-corrected chi connectivity index (χ4v) is 0.161. The molecule has 0 fully saturated rings. The van der Waals surface area contributed by atoms with Gasteiger partial charge in [0.05, 0.1) is 7.11 Å². The third-order valence-corrected chi connectivity index (χ3v) is 0.507. The number of methoxy groups -OCH3 is 1. The minimum Gasteiger partial charge on any atom is -0.550 e. The Hall–Kier alpha value is -0.0757. The summed E-state index contributed by atoms with van der Waals surface area (Å²) >= 11 is 0. The molecular weight excluding hydrogens is 176 g/mol. The first-order chi connectivity index (χ1) is 3.18. The Balaban J connectivity index is -0.0000000300. The molecule has 0 aliphatic rings. The van der Waals surface area contributed by atoms with Crippen LogP contribution in [0, 0.1) is 28.9 Å². The molecule has 0 aromatic heterocycles. The summed E-state index contributed by atoms with van der Waals surface area (Å²) in [6, 6.07) is 0. The molecule has 0 heterocycles. The summed E-state index contributed by atoms with van der Waals surface area (Å²) in [5.74, 6) is -0.458. The van der Waals surface area contributed by atoms with Gasteiger partial charge >= 0.3 is 21.7 Å². The van der Waals surface area contributed by atoms with Crippen LogP contribution in [0.4, 0.5) is 0 Å². The normalized spacial score (nSPS) is 4.91. The standard InChI is InChI=1S/C5H7O2.3CH3.Ti/c1-4(2)5(6)7-3;;;;/h1H,2-3H3;3*1H3;/q4*-1;+4. The molecule has 0 unspecified atom stereocenters. The molecule has 0 saturated carbocycles. The van der Waals surface area contributed by atoms with Gasteiger partial charge in [-0.3, -0.25) is 6.58 Å². The fourth-order valence-electron chi connectivity index (χ4n) is 0.161. The monoisotopic (exact) mass is 192 g/mol. The van der Waals surface area contributed by atoms with Gasteiger partial charge in [0.15, 0.2) is 5.97 Å². The SMILES string of the molecule is [CH-]=C(C)C(=O)OC.[CH3-].[CH3-].[CH3-].[Ti+4]. The van der Waals surface area contributed by atoms with Crippen molar-refractivity contribution in [3.05, 3.63) is 34.4 Å². The van der Waals surface area contributed by atoms with Gasteiger partial charge in [-0.15, -0.1) is 5.57 Å². The Morgan fingerprint density at radius 3 is 1.55 bits per heavy atom. The van der Waals surface area contributed by atoms with Crippen molar-refractivity contribution in [2.75, 3.05) is 7.11 Å². The van der Waals surface area contributed by atoms with E-state index < -0.39 is 5.97 Å². The van der Waals surface area contributed by atoms with Gasteiger partial charge in [-0.05, 0) is 0 Å². The zero-order valence-corrected chi connectivity index (χ0v) is 9.46. The molecule has 0 saturated heterocycles. The molecule has 0 amide bonds. The van der Waals surface area contributed by atoms with Crippen molar-refractivity contribution in [2.45, 2.75) is 6.92 Å². The van der Waals surface area contributed by atoms with Crippen LogP contribution in [0.5, 0.6) is 0 Å². The zero-order chi connectivity index (χ0) is 5.86. The van der Waals surface area contributed by atoms with Gasteiger partial charge in [-0.25, -0.2) is 0 Å². The molecule has 11 heavy (non-hydrogen) atoms. The number of ether oxygens (including phenoxy) is 1. The number of esters is 1. The molecule has 0 aliphatic heterocycles. The molecule has 0 atom stereocenters. The second-order valence-corrected chi connectivity index (χ2v) is 1.17. The Bertz CT molecular complexity index is 100. The fraction of sp³-hybridized carbons (Fsp3) is 0.250. The van der Waals surface area contributed by atoms with Crippen molar-refractivity contribution in [3.63, 3.8) is 0 Å². The van der Waals surface area contributed by atoms with Crippen molar-refractivity contribution in [2.24, 2.45) is 0 Å². The molecule has 0 radical (unpaired) electrons. The van der Waals surface area contributed by atoms with Gasteiger partial charge in [-0.1, -0.05) is 6.92 Å². The van der Waals surface area contributed by atoms with Crippen LogP contribution >= 0.6 is 0 Å². The zero-order valence-electron chi connectivity index (χ0n) is 7.89. The van der Waals surface area contributed by atoms with Gasteiger partial charge in [-0.2, -0.15) is 0 Å². The minimum absolute atomic E-state index is 0. The summed E-state index contributed by atoms with van der Waals surface area (Å²) in [7, 11) is 1.29. The number of hydrogen-bond acceptors (Lipinski definition) is 2. The Morgan fingerprint density at radius 2 is 1.55 bits per heavy atom. The maximum Gasteiger partial charge on any atom is 4.00 e. The third kappa shape index (κ3) is 17.8. The van der Waals surface area contributed by atoms with Gasteiger partial charge in [0.2, 0.25) is 0 Å². The van der Waals surface area contributed by atoms with Crippen molar-refractivity contribution < 1.29 is 31.2 Å². The van der Waals surface area contributed by atoms with Gasteiger partial charge in [0.25, 0.3) is 0 Å². The largest absolute Gasteiger partial charge is 4.00 e. The molecule has 0 aliphatic carbocycles. The minimum atomic E-state index is -0.458. The Labute approximate surface area is 85.9 Å². The summed E-state index contributed by atoms with van der Waals surface area (Å²) in [5, 5.41) is 0. The predicted octanol–water partition coefficient (Wildman–Crippen LogP) is 1.89. The van der Waals surface area contributed by atoms with Crippen LogP contribution in [0.1, 0.15) is 6.92 Å². The van der Waals surface area contributed by atoms with E-state index in [9.17, 15) is 4.79 Å². The van der Waals surface area contributed by atoms with E-state index in [2.05, 4.69) is 4.74 Å². The van der Waals surface area contributed by atoms with Gasteiger partial charge < -0.3 is 31.8 Å². The van der Waals surface area contributed by atoms with Crippen LogP contribution in [-0.4, -0.2) is 13.1 Å². The number of carbonyl (C=O) groups excluding carboxylic acids is 1. The van der Waals surface area contributed by atoms with Crippen molar-refractivity contribution >= 4 is 5.97 Å². The number of carbonyl (C=O) groups is 1. The summed E-state index contributed by atoms with van der Waals surface area (Å²) in [4.78, 5) is 10.1. The van der Waals surface area contributed by atoms with E-state index in [1.54, 1.807) is 0 Å². The Morgan fingerprint density at radius 1 is 1.27 bits per heavy atom. The van der Waals surface area contributed by atoms with Crippen LogP contribution in [0.15, 0.2) is 5.57 Å². The topological polar surface area (TPSA) is 26.3 Å². The molecule has 0 N–H and O–H groups in total. The van der Waals surface area contributed by atoms with Crippen LogP contribution in [0.2, 0.25) is 0 Å². The van der Waals surface area contributed by atoms with Crippen molar-refractivity contribution in [1.82, 2.24) is 0 Å². The van der Waals surface area contributed by atoms with E-state index in [1.807, 2.05) is 0 Å². The van der Waals surface area contributed by atoms with Gasteiger partial charge in [0.1, 0.15) is 0 Å². The van der Waals surface area contributed by atoms with E-state index in [1.165, 1.54) is 14.0 Å².